The van der Waals surface area contributed by atoms with Crippen molar-refractivity contribution in [3.63, 3.8) is 0 Å². The molecule has 7 nitrogen and oxygen atoms in total. The molecule has 0 aliphatic carbocycles. The Balaban J connectivity index is 1.57. The summed E-state index contributed by atoms with van der Waals surface area (Å²) >= 11 is 0. The first kappa shape index (κ1) is 17.3. The molecule has 4 rings (SSSR count). The second-order valence-corrected chi connectivity index (χ2v) is 6.84. The number of nitrogens with zero attached hydrogens (tertiary/aromatic N) is 3. The van der Waals surface area contributed by atoms with E-state index in [2.05, 4.69) is 4.98 Å². The summed E-state index contributed by atoms with van der Waals surface area (Å²) in [5.41, 5.74) is 0.995. The molecule has 1 aromatic carbocycles. The highest BCUT2D eigenvalue weighted by atomic mass is 16.5. The summed E-state index contributed by atoms with van der Waals surface area (Å²) in [5.74, 6) is -0.0766. The molecular weight excluding hydrogens is 346 g/mol. The van der Waals surface area contributed by atoms with Gasteiger partial charge in [0.05, 0.1) is 12.5 Å². The molecule has 3 heterocycles. The maximum atomic E-state index is 13.2. The van der Waals surface area contributed by atoms with E-state index in [1.165, 1.54) is 0 Å². The SMILES string of the molecule is O=C(O)C1CCN(C(=O)N2C[C@@H](c3ccccc3)Oc3cccnc32)CC1. The number of benzene rings is 1. The highest BCUT2D eigenvalue weighted by Gasteiger charge is 2.36. The minimum atomic E-state index is -0.787. The lowest BCUT2D eigenvalue weighted by molar-refractivity contribution is -0.143. The van der Waals surface area contributed by atoms with E-state index < -0.39 is 5.97 Å². The Morgan fingerprint density at radius 2 is 1.81 bits per heavy atom. The van der Waals surface area contributed by atoms with Crippen LogP contribution >= 0.6 is 0 Å². The number of aliphatic carboxylic acids is 1. The standard InChI is InChI=1S/C20H21N3O4/c24-19(25)15-8-11-22(12-9-15)20(26)23-13-17(14-5-2-1-3-6-14)27-16-7-4-10-21-18(16)23/h1-7,10,15,17H,8-9,11-13H2,(H,24,25)/t17-/m0/s1. The van der Waals surface area contributed by atoms with E-state index in [9.17, 15) is 9.59 Å². The van der Waals surface area contributed by atoms with E-state index in [-0.39, 0.29) is 18.1 Å². The summed E-state index contributed by atoms with van der Waals surface area (Å²) < 4.78 is 6.08. The number of amides is 2. The lowest BCUT2D eigenvalue weighted by Crippen LogP contribution is -2.50. The van der Waals surface area contributed by atoms with Crippen LogP contribution in [0.15, 0.2) is 48.7 Å². The van der Waals surface area contributed by atoms with Gasteiger partial charge in [-0.25, -0.2) is 9.78 Å². The first-order valence-electron chi connectivity index (χ1n) is 9.09. The summed E-state index contributed by atoms with van der Waals surface area (Å²) in [4.78, 5) is 32.0. The number of rotatable bonds is 2. The largest absolute Gasteiger partial charge is 0.481 e. The van der Waals surface area contributed by atoms with Crippen molar-refractivity contribution in [2.75, 3.05) is 24.5 Å². The molecule has 2 aromatic rings. The number of carboxylic acids is 1. The van der Waals surface area contributed by atoms with E-state index >= 15 is 0 Å². The number of carbonyl (C=O) groups excluding carboxylic acids is 1. The second-order valence-electron chi connectivity index (χ2n) is 6.84. The van der Waals surface area contributed by atoms with Crippen LogP contribution in [0.3, 0.4) is 0 Å². The van der Waals surface area contributed by atoms with Gasteiger partial charge in [-0.1, -0.05) is 30.3 Å². The van der Waals surface area contributed by atoms with Crippen LogP contribution in [0.4, 0.5) is 10.6 Å². The van der Waals surface area contributed by atoms with Crippen LogP contribution < -0.4 is 9.64 Å². The molecule has 2 aliphatic rings. The van der Waals surface area contributed by atoms with Gasteiger partial charge in [0.2, 0.25) is 0 Å². The number of pyridine rings is 1. The number of carbonyl (C=O) groups is 2. The molecular formula is C20H21N3O4. The lowest BCUT2D eigenvalue weighted by Gasteiger charge is -2.38. The van der Waals surface area contributed by atoms with Gasteiger partial charge in [0, 0.05) is 19.3 Å². The molecule has 0 radical (unpaired) electrons. The molecule has 1 atom stereocenters. The van der Waals surface area contributed by atoms with Crippen LogP contribution in [0, 0.1) is 5.92 Å². The third kappa shape index (κ3) is 3.45. The molecule has 1 fully saturated rings. The Kier molecular flexibility index (Phi) is 4.66. The summed E-state index contributed by atoms with van der Waals surface area (Å²) in [6, 6.07) is 13.2. The Morgan fingerprint density at radius 3 is 2.52 bits per heavy atom. The zero-order valence-electron chi connectivity index (χ0n) is 14.8. The number of piperidine rings is 1. The predicted molar refractivity (Wildman–Crippen MR) is 98.7 cm³/mol. The number of likely N-dealkylation sites (tertiary alicyclic amines) is 1. The van der Waals surface area contributed by atoms with Gasteiger partial charge in [0.25, 0.3) is 0 Å². The zero-order chi connectivity index (χ0) is 18.8. The number of anilines is 1. The highest BCUT2D eigenvalue weighted by molar-refractivity contribution is 5.93. The predicted octanol–water partition coefficient (Wildman–Crippen LogP) is 2.94. The van der Waals surface area contributed by atoms with Crippen molar-refractivity contribution < 1.29 is 19.4 Å². The number of fused-ring (bicyclic) bond motifs is 1. The Labute approximate surface area is 157 Å². The van der Waals surface area contributed by atoms with Gasteiger partial charge in [-0.2, -0.15) is 0 Å². The first-order chi connectivity index (χ1) is 13.1. The van der Waals surface area contributed by atoms with Crippen LogP contribution in [0.2, 0.25) is 0 Å². The van der Waals surface area contributed by atoms with Crippen LogP contribution in [0.5, 0.6) is 5.75 Å². The van der Waals surface area contributed by atoms with Crippen LogP contribution in [0.1, 0.15) is 24.5 Å². The van der Waals surface area contributed by atoms with Gasteiger partial charge in [0.15, 0.2) is 11.6 Å². The third-order valence-corrected chi connectivity index (χ3v) is 5.14. The highest BCUT2D eigenvalue weighted by Crippen LogP contribution is 2.37. The minimum absolute atomic E-state index is 0.150. The van der Waals surface area contributed by atoms with Crippen molar-refractivity contribution in [3.8, 4) is 5.75 Å². The summed E-state index contributed by atoms with van der Waals surface area (Å²) in [5, 5.41) is 9.16. The molecule has 0 spiro atoms. The van der Waals surface area contributed by atoms with Gasteiger partial charge < -0.3 is 14.7 Å². The smallest absolute Gasteiger partial charge is 0.325 e. The monoisotopic (exact) mass is 367 g/mol. The molecule has 1 aromatic heterocycles. The fourth-order valence-corrected chi connectivity index (χ4v) is 3.62. The molecule has 0 unspecified atom stereocenters. The van der Waals surface area contributed by atoms with Gasteiger partial charge in [-0.15, -0.1) is 0 Å². The Morgan fingerprint density at radius 1 is 1.07 bits per heavy atom. The molecule has 2 aliphatic heterocycles. The molecule has 1 N–H and O–H groups in total. The lowest BCUT2D eigenvalue weighted by atomic mass is 9.97. The van der Waals surface area contributed by atoms with Gasteiger partial charge in [-0.05, 0) is 30.5 Å². The quantitative estimate of drug-likeness (QED) is 0.882. The first-order valence-corrected chi connectivity index (χ1v) is 9.09. The summed E-state index contributed by atoms with van der Waals surface area (Å²) in [6.45, 7) is 1.24. The fraction of sp³-hybridized carbons (Fsp3) is 0.350. The molecule has 0 saturated carbocycles. The van der Waals surface area contributed by atoms with E-state index in [1.807, 2.05) is 36.4 Å². The van der Waals surface area contributed by atoms with Gasteiger partial charge >= 0.3 is 12.0 Å². The number of aromatic nitrogens is 1. The summed E-state index contributed by atoms with van der Waals surface area (Å²) in [6.07, 6.45) is 2.32. The van der Waals surface area contributed by atoms with E-state index in [0.717, 1.165) is 5.56 Å². The maximum Gasteiger partial charge on any atom is 0.325 e. The van der Waals surface area contributed by atoms with E-state index in [4.69, 9.17) is 9.84 Å². The Bertz CT molecular complexity index is 834. The van der Waals surface area contributed by atoms with Crippen molar-refractivity contribution >= 4 is 17.8 Å². The van der Waals surface area contributed by atoms with E-state index in [1.54, 1.807) is 22.1 Å². The summed E-state index contributed by atoms with van der Waals surface area (Å²) in [7, 11) is 0. The average Bonchev–Trinajstić information content (AvgIpc) is 2.73. The molecule has 1 saturated heterocycles. The Hall–Kier alpha value is -3.09. The van der Waals surface area contributed by atoms with Crippen LogP contribution in [-0.4, -0.2) is 46.6 Å². The van der Waals surface area contributed by atoms with Crippen LogP contribution in [0.25, 0.3) is 0 Å². The van der Waals surface area contributed by atoms with Gasteiger partial charge in [0.1, 0.15) is 6.10 Å². The third-order valence-electron chi connectivity index (χ3n) is 5.14. The van der Waals surface area contributed by atoms with Crippen molar-refractivity contribution in [2.24, 2.45) is 5.92 Å². The van der Waals surface area contributed by atoms with Crippen molar-refractivity contribution in [2.45, 2.75) is 18.9 Å². The van der Waals surface area contributed by atoms with Gasteiger partial charge in [-0.3, -0.25) is 9.69 Å². The molecule has 7 heteroatoms. The number of ether oxygens (including phenoxy) is 1. The van der Waals surface area contributed by atoms with Crippen molar-refractivity contribution in [3.05, 3.63) is 54.2 Å². The minimum Gasteiger partial charge on any atom is -0.481 e. The maximum absolute atomic E-state index is 13.2. The normalized spacial score (nSPS) is 19.9. The number of carboxylic acid groups (broad SMARTS) is 1. The van der Waals surface area contributed by atoms with Crippen LogP contribution in [-0.2, 0) is 4.79 Å². The average molecular weight is 367 g/mol. The number of hydrogen-bond acceptors (Lipinski definition) is 4. The molecule has 2 amide bonds. The number of urea groups is 1. The molecule has 0 bridgehead atoms. The number of hydrogen-bond donors (Lipinski definition) is 1. The topological polar surface area (TPSA) is 83.0 Å². The van der Waals surface area contributed by atoms with E-state index in [0.29, 0.717) is 44.0 Å². The van der Waals surface area contributed by atoms with Crippen molar-refractivity contribution in [1.82, 2.24) is 9.88 Å². The molecule has 27 heavy (non-hydrogen) atoms. The zero-order valence-corrected chi connectivity index (χ0v) is 14.8. The fourth-order valence-electron chi connectivity index (χ4n) is 3.62. The second kappa shape index (κ2) is 7.26. The molecule has 140 valence electrons. The van der Waals surface area contributed by atoms with Crippen molar-refractivity contribution in [1.29, 1.82) is 0 Å².